The molecule has 3 rings (SSSR count). The molecule has 0 aliphatic heterocycles. The largest absolute Gasteiger partial charge is 0.493 e. The van der Waals surface area contributed by atoms with E-state index in [9.17, 15) is 4.79 Å². The molecule has 6 heteroatoms. The standard InChI is InChI=1S/C26H33N3O3/c1-4-31-25(30)16-23(27)9-7-15-32-24-10-6-5-8-22(24)18-29-20(3)17-28-26(29)21-13-11-19(2)12-14-21/h5-6,8,10-14,17,23H,4,7,9,15-16,18,27H2,1-3H3/t23-/m1/s1. The smallest absolute Gasteiger partial charge is 0.307 e. The van der Waals surface area contributed by atoms with Crippen molar-refractivity contribution in [1.82, 2.24) is 9.55 Å². The van der Waals surface area contributed by atoms with Crippen LogP contribution in [0.15, 0.2) is 54.7 Å². The monoisotopic (exact) mass is 435 g/mol. The number of nitrogens with two attached hydrogens (primary N) is 1. The van der Waals surface area contributed by atoms with Gasteiger partial charge in [-0.05, 0) is 39.7 Å². The van der Waals surface area contributed by atoms with Crippen LogP contribution in [0, 0.1) is 13.8 Å². The summed E-state index contributed by atoms with van der Waals surface area (Å²) in [6.07, 6.45) is 3.63. The third kappa shape index (κ3) is 6.44. The van der Waals surface area contributed by atoms with Crippen LogP contribution >= 0.6 is 0 Å². The molecule has 0 aliphatic rings. The minimum Gasteiger partial charge on any atom is -0.493 e. The third-order valence-corrected chi connectivity index (χ3v) is 5.38. The molecule has 1 heterocycles. The zero-order valence-corrected chi connectivity index (χ0v) is 19.2. The number of hydrogen-bond donors (Lipinski definition) is 1. The molecule has 0 saturated carbocycles. The van der Waals surface area contributed by atoms with Gasteiger partial charge in [0.1, 0.15) is 11.6 Å². The van der Waals surface area contributed by atoms with E-state index < -0.39 is 0 Å². The van der Waals surface area contributed by atoms with E-state index in [1.165, 1.54) is 5.56 Å². The molecular formula is C26H33N3O3. The van der Waals surface area contributed by atoms with E-state index in [2.05, 4.69) is 53.7 Å². The molecule has 0 fully saturated rings. The molecule has 3 aromatic rings. The Morgan fingerprint density at radius 1 is 1.12 bits per heavy atom. The Morgan fingerprint density at radius 3 is 2.62 bits per heavy atom. The first-order valence-electron chi connectivity index (χ1n) is 11.2. The number of benzene rings is 2. The number of esters is 1. The van der Waals surface area contributed by atoms with Crippen molar-refractivity contribution < 1.29 is 14.3 Å². The highest BCUT2D eigenvalue weighted by Crippen LogP contribution is 2.25. The van der Waals surface area contributed by atoms with Gasteiger partial charge in [0.05, 0.1) is 26.2 Å². The van der Waals surface area contributed by atoms with Crippen molar-refractivity contribution in [3.05, 3.63) is 71.5 Å². The Balaban J connectivity index is 1.62. The highest BCUT2D eigenvalue weighted by atomic mass is 16.5. The topological polar surface area (TPSA) is 79.4 Å². The molecule has 0 spiro atoms. The van der Waals surface area contributed by atoms with Crippen LogP contribution in [0.4, 0.5) is 0 Å². The molecule has 1 aromatic heterocycles. The van der Waals surface area contributed by atoms with Crippen molar-refractivity contribution in [1.29, 1.82) is 0 Å². The molecule has 2 aromatic carbocycles. The summed E-state index contributed by atoms with van der Waals surface area (Å²) in [7, 11) is 0. The van der Waals surface area contributed by atoms with Crippen LogP contribution in [0.25, 0.3) is 11.4 Å². The van der Waals surface area contributed by atoms with E-state index in [1.807, 2.05) is 24.4 Å². The number of carbonyl (C=O) groups is 1. The lowest BCUT2D eigenvalue weighted by molar-refractivity contribution is -0.143. The second-order valence-electron chi connectivity index (χ2n) is 8.04. The van der Waals surface area contributed by atoms with Gasteiger partial charge >= 0.3 is 5.97 Å². The van der Waals surface area contributed by atoms with Gasteiger partial charge in [0.25, 0.3) is 0 Å². The maximum atomic E-state index is 11.5. The Kier molecular flexibility index (Phi) is 8.45. The van der Waals surface area contributed by atoms with Crippen LogP contribution in [0.2, 0.25) is 0 Å². The summed E-state index contributed by atoms with van der Waals surface area (Å²) in [4.78, 5) is 16.2. The highest BCUT2D eigenvalue weighted by molar-refractivity contribution is 5.70. The van der Waals surface area contributed by atoms with Crippen LogP contribution < -0.4 is 10.5 Å². The van der Waals surface area contributed by atoms with Crippen LogP contribution in [0.3, 0.4) is 0 Å². The van der Waals surface area contributed by atoms with E-state index in [-0.39, 0.29) is 18.4 Å². The van der Waals surface area contributed by atoms with Gasteiger partial charge in [0.15, 0.2) is 0 Å². The summed E-state index contributed by atoms with van der Waals surface area (Å²) < 4.78 is 13.2. The summed E-state index contributed by atoms with van der Waals surface area (Å²) in [5.74, 6) is 1.56. The predicted octanol–water partition coefficient (Wildman–Crippen LogP) is 4.65. The van der Waals surface area contributed by atoms with Crippen molar-refractivity contribution >= 4 is 5.97 Å². The maximum Gasteiger partial charge on any atom is 0.307 e. The lowest BCUT2D eigenvalue weighted by Gasteiger charge is -2.16. The quantitative estimate of drug-likeness (QED) is 0.350. The summed E-state index contributed by atoms with van der Waals surface area (Å²) in [6, 6.07) is 16.3. The van der Waals surface area contributed by atoms with Crippen molar-refractivity contribution in [2.45, 2.75) is 52.6 Å². The minimum atomic E-state index is -0.244. The van der Waals surface area contributed by atoms with Crippen molar-refractivity contribution in [3.8, 4) is 17.1 Å². The average Bonchev–Trinajstić information content (AvgIpc) is 3.13. The maximum absolute atomic E-state index is 11.5. The fraction of sp³-hybridized carbons (Fsp3) is 0.385. The van der Waals surface area contributed by atoms with Gasteiger partial charge in [-0.3, -0.25) is 4.79 Å². The van der Waals surface area contributed by atoms with Crippen molar-refractivity contribution in [2.75, 3.05) is 13.2 Å². The molecule has 0 saturated heterocycles. The number of hydrogen-bond acceptors (Lipinski definition) is 5. The fourth-order valence-corrected chi connectivity index (χ4v) is 3.60. The molecule has 0 aliphatic carbocycles. The molecule has 0 amide bonds. The number of aromatic nitrogens is 2. The number of para-hydroxylation sites is 1. The second-order valence-corrected chi connectivity index (χ2v) is 8.04. The molecule has 0 radical (unpaired) electrons. The van der Waals surface area contributed by atoms with Gasteiger partial charge in [-0.2, -0.15) is 0 Å². The predicted molar refractivity (Wildman–Crippen MR) is 127 cm³/mol. The number of carbonyl (C=O) groups excluding carboxylic acids is 1. The lowest BCUT2D eigenvalue weighted by Crippen LogP contribution is -2.25. The normalized spacial score (nSPS) is 11.9. The summed E-state index contributed by atoms with van der Waals surface area (Å²) in [6.45, 7) is 7.55. The molecule has 0 bridgehead atoms. The zero-order chi connectivity index (χ0) is 22.9. The fourth-order valence-electron chi connectivity index (χ4n) is 3.60. The first-order valence-corrected chi connectivity index (χ1v) is 11.2. The molecule has 32 heavy (non-hydrogen) atoms. The number of imidazole rings is 1. The molecule has 6 nitrogen and oxygen atoms in total. The van der Waals surface area contributed by atoms with E-state index >= 15 is 0 Å². The van der Waals surface area contributed by atoms with E-state index in [0.29, 0.717) is 26.2 Å². The van der Waals surface area contributed by atoms with E-state index in [1.54, 1.807) is 6.92 Å². The summed E-state index contributed by atoms with van der Waals surface area (Å²) in [5.41, 5.74) is 10.5. The number of rotatable bonds is 11. The van der Waals surface area contributed by atoms with Crippen molar-refractivity contribution in [3.63, 3.8) is 0 Å². The third-order valence-electron chi connectivity index (χ3n) is 5.38. The van der Waals surface area contributed by atoms with Gasteiger partial charge in [-0.1, -0.05) is 48.0 Å². The molecule has 2 N–H and O–H groups in total. The number of ether oxygens (including phenoxy) is 2. The van der Waals surface area contributed by atoms with Crippen LogP contribution in [0.5, 0.6) is 5.75 Å². The van der Waals surface area contributed by atoms with Crippen LogP contribution in [0.1, 0.15) is 43.0 Å². The van der Waals surface area contributed by atoms with Crippen LogP contribution in [-0.4, -0.2) is 34.8 Å². The van der Waals surface area contributed by atoms with E-state index in [4.69, 9.17) is 15.2 Å². The summed E-state index contributed by atoms with van der Waals surface area (Å²) in [5, 5.41) is 0. The van der Waals surface area contributed by atoms with Crippen molar-refractivity contribution in [2.24, 2.45) is 5.73 Å². The van der Waals surface area contributed by atoms with Gasteiger partial charge in [0.2, 0.25) is 0 Å². The summed E-state index contributed by atoms with van der Waals surface area (Å²) >= 11 is 0. The minimum absolute atomic E-state index is 0.210. The van der Waals surface area contributed by atoms with Gasteiger partial charge < -0.3 is 19.8 Å². The first kappa shape index (κ1) is 23.5. The zero-order valence-electron chi connectivity index (χ0n) is 19.2. The number of aryl methyl sites for hydroxylation is 2. The van der Waals surface area contributed by atoms with Gasteiger partial charge in [-0.25, -0.2) is 4.98 Å². The Morgan fingerprint density at radius 2 is 1.88 bits per heavy atom. The SMILES string of the molecule is CCOC(=O)C[C@H](N)CCCOc1ccccc1Cn1c(C)cnc1-c1ccc(C)cc1. The second kappa shape index (κ2) is 11.5. The van der Waals surface area contributed by atoms with Gasteiger partial charge in [0, 0.05) is 29.1 Å². The molecular weight excluding hydrogens is 402 g/mol. The highest BCUT2D eigenvalue weighted by Gasteiger charge is 2.13. The number of nitrogens with zero attached hydrogens (tertiary/aromatic N) is 2. The first-order chi connectivity index (χ1) is 15.5. The Hall–Kier alpha value is -3.12. The lowest BCUT2D eigenvalue weighted by atomic mass is 10.1. The van der Waals surface area contributed by atoms with Gasteiger partial charge in [-0.15, -0.1) is 0 Å². The van der Waals surface area contributed by atoms with E-state index in [0.717, 1.165) is 34.8 Å². The Labute approximate surface area is 190 Å². The average molecular weight is 436 g/mol. The molecule has 0 unspecified atom stereocenters. The van der Waals surface area contributed by atoms with Crippen LogP contribution in [-0.2, 0) is 16.1 Å². The Bertz CT molecular complexity index is 1010. The molecule has 170 valence electrons. The molecule has 1 atom stereocenters.